The molecule has 1 fully saturated rings. The summed E-state index contributed by atoms with van der Waals surface area (Å²) in [6.07, 6.45) is -7.36. The van der Waals surface area contributed by atoms with Crippen molar-refractivity contribution in [3.05, 3.63) is 59.7 Å². The number of alkyl halides is 3. The number of ether oxygens (including phenoxy) is 1. The van der Waals surface area contributed by atoms with E-state index in [2.05, 4.69) is 0 Å². The average Bonchev–Trinajstić information content (AvgIpc) is 3.35. The molecule has 35 heavy (non-hydrogen) atoms. The third-order valence-corrected chi connectivity index (χ3v) is 7.42. The number of carbonyl (C=O) groups excluding carboxylic acids is 2. The van der Waals surface area contributed by atoms with Crippen molar-refractivity contribution in [3.8, 4) is 11.1 Å². The molecule has 1 aliphatic heterocycles. The number of amides is 2. The van der Waals surface area contributed by atoms with Gasteiger partial charge in [0.1, 0.15) is 18.7 Å². The first kappa shape index (κ1) is 24.9. The maximum absolute atomic E-state index is 13.7. The van der Waals surface area contributed by atoms with Crippen molar-refractivity contribution in [1.29, 1.82) is 0 Å². The van der Waals surface area contributed by atoms with Gasteiger partial charge >= 0.3 is 18.2 Å². The topological polar surface area (TPSA) is 95.9 Å². The highest BCUT2D eigenvalue weighted by molar-refractivity contribution is 8.00. The minimum absolute atomic E-state index is 0.0821. The number of rotatable bonds is 6. The van der Waals surface area contributed by atoms with E-state index in [1.165, 1.54) is 0 Å². The largest absolute Gasteiger partial charge is 0.480 e. The smallest absolute Gasteiger partial charge is 0.409 e. The number of alkyl carbamates (subject to hydrolysis) is 1. The molecule has 0 aromatic heterocycles. The number of halogens is 3. The van der Waals surface area contributed by atoms with E-state index in [4.69, 9.17) is 4.74 Å². The van der Waals surface area contributed by atoms with Crippen LogP contribution >= 0.6 is 11.8 Å². The van der Waals surface area contributed by atoms with Gasteiger partial charge in [-0.3, -0.25) is 4.79 Å². The minimum atomic E-state index is -4.93. The number of fused-ring (bicyclic) bond motifs is 3. The predicted octanol–water partition coefficient (Wildman–Crippen LogP) is 4.22. The fourth-order valence-corrected chi connectivity index (χ4v) is 5.71. The molecule has 1 heterocycles. The Kier molecular flexibility index (Phi) is 6.98. The summed E-state index contributed by atoms with van der Waals surface area (Å²) < 4.78 is 46.1. The molecule has 2 amide bonds. The van der Waals surface area contributed by atoms with Gasteiger partial charge in [0, 0.05) is 11.7 Å². The van der Waals surface area contributed by atoms with Crippen molar-refractivity contribution >= 4 is 29.7 Å². The van der Waals surface area contributed by atoms with Crippen LogP contribution in [0.25, 0.3) is 11.1 Å². The molecule has 1 saturated heterocycles. The van der Waals surface area contributed by atoms with E-state index >= 15 is 0 Å². The Morgan fingerprint density at radius 3 is 2.23 bits per heavy atom. The van der Waals surface area contributed by atoms with Crippen LogP contribution in [0, 0.1) is 0 Å². The van der Waals surface area contributed by atoms with Gasteiger partial charge in [-0.15, -0.1) is 11.8 Å². The summed E-state index contributed by atoms with van der Waals surface area (Å²) in [5.74, 6) is -2.55. The Bertz CT molecular complexity index is 1100. The van der Waals surface area contributed by atoms with Crippen LogP contribution in [0.4, 0.5) is 18.0 Å². The van der Waals surface area contributed by atoms with Crippen molar-refractivity contribution in [3.63, 3.8) is 0 Å². The van der Waals surface area contributed by atoms with Crippen LogP contribution in [0.3, 0.4) is 0 Å². The maximum Gasteiger partial charge on any atom is 0.409 e. The van der Waals surface area contributed by atoms with Gasteiger partial charge in [-0.2, -0.15) is 13.2 Å². The summed E-state index contributed by atoms with van der Waals surface area (Å²) in [4.78, 5) is 37.3. The average molecular weight is 509 g/mol. The summed E-state index contributed by atoms with van der Waals surface area (Å²) in [6.45, 7) is 1.37. The highest BCUT2D eigenvalue weighted by Gasteiger charge is 2.46. The Balaban J connectivity index is 1.43. The van der Waals surface area contributed by atoms with Crippen molar-refractivity contribution in [1.82, 2.24) is 10.2 Å². The summed E-state index contributed by atoms with van der Waals surface area (Å²) in [7, 11) is 0. The fraction of sp³-hybridized carbons (Fsp3) is 0.375. The van der Waals surface area contributed by atoms with Crippen LogP contribution in [0.5, 0.6) is 0 Å². The van der Waals surface area contributed by atoms with Crippen LogP contribution in [0.15, 0.2) is 48.5 Å². The second-order valence-electron chi connectivity index (χ2n) is 8.36. The van der Waals surface area contributed by atoms with Gasteiger partial charge in [0.15, 0.2) is 0 Å². The molecule has 1 aliphatic carbocycles. The first-order valence-corrected chi connectivity index (χ1v) is 12.0. The number of hydrogen-bond donors (Lipinski definition) is 2. The van der Waals surface area contributed by atoms with Gasteiger partial charge in [0.25, 0.3) is 0 Å². The highest BCUT2D eigenvalue weighted by atomic mass is 32.2. The number of nitrogens with one attached hydrogen (secondary N) is 1. The number of carboxylic acids is 1. The summed E-state index contributed by atoms with van der Waals surface area (Å²) in [5, 5.41) is 10.4. The molecule has 0 saturated carbocycles. The molecule has 0 bridgehead atoms. The van der Waals surface area contributed by atoms with Crippen LogP contribution in [0.1, 0.15) is 30.4 Å². The molecular weight excluding hydrogens is 485 g/mol. The molecule has 4 rings (SSSR count). The van der Waals surface area contributed by atoms with E-state index in [1.807, 2.05) is 48.5 Å². The zero-order valence-corrected chi connectivity index (χ0v) is 19.4. The monoisotopic (exact) mass is 508 g/mol. The van der Waals surface area contributed by atoms with E-state index in [-0.39, 0.29) is 18.3 Å². The molecule has 2 aromatic rings. The van der Waals surface area contributed by atoms with Crippen LogP contribution in [-0.2, 0) is 14.3 Å². The molecule has 0 radical (unpaired) electrons. The molecule has 11 heteroatoms. The maximum atomic E-state index is 13.7. The van der Waals surface area contributed by atoms with E-state index in [0.29, 0.717) is 0 Å². The zero-order valence-electron chi connectivity index (χ0n) is 18.6. The number of carboxylic acid groups (broad SMARTS) is 1. The molecule has 7 nitrogen and oxygen atoms in total. The first-order chi connectivity index (χ1) is 16.6. The van der Waals surface area contributed by atoms with Gasteiger partial charge in [-0.05, 0) is 29.2 Å². The van der Waals surface area contributed by atoms with Crippen LogP contribution < -0.4 is 5.32 Å². The lowest BCUT2D eigenvalue weighted by Crippen LogP contribution is -2.51. The molecule has 3 unspecified atom stereocenters. The Hall–Kier alpha value is -3.21. The number of thioether (sulfide) groups is 1. The minimum Gasteiger partial charge on any atom is -0.480 e. The second-order valence-corrected chi connectivity index (χ2v) is 9.70. The number of nitrogens with zero attached hydrogens (tertiary/aromatic N) is 1. The third-order valence-electron chi connectivity index (χ3n) is 6.21. The Morgan fingerprint density at radius 2 is 1.69 bits per heavy atom. The quantitative estimate of drug-likeness (QED) is 0.607. The molecule has 0 spiro atoms. The Labute approximate surface area is 203 Å². The summed E-state index contributed by atoms with van der Waals surface area (Å²) in [6, 6.07) is 11.3. The first-order valence-electron chi connectivity index (χ1n) is 10.9. The van der Waals surface area contributed by atoms with Gasteiger partial charge in [0.2, 0.25) is 5.91 Å². The molecular formula is C24H23F3N2O5S. The van der Waals surface area contributed by atoms with Crippen molar-refractivity contribution in [2.45, 2.75) is 42.9 Å². The van der Waals surface area contributed by atoms with Gasteiger partial charge in [0.05, 0.1) is 11.8 Å². The van der Waals surface area contributed by atoms with Crippen molar-refractivity contribution < 1.29 is 37.4 Å². The SMILES string of the molecule is CC1SCC(C(=O)O)N1C(=O)CC(NC(=O)OCC1c2ccccc2-c2ccccc21)C(F)(F)F. The zero-order chi connectivity index (χ0) is 25.3. The van der Waals surface area contributed by atoms with Crippen molar-refractivity contribution in [2.75, 3.05) is 12.4 Å². The second kappa shape index (κ2) is 9.80. The predicted molar refractivity (Wildman–Crippen MR) is 123 cm³/mol. The lowest BCUT2D eigenvalue weighted by molar-refractivity contribution is -0.165. The summed E-state index contributed by atoms with van der Waals surface area (Å²) >= 11 is 1.16. The number of hydrogen-bond acceptors (Lipinski definition) is 5. The van der Waals surface area contributed by atoms with Gasteiger partial charge in [-0.25, -0.2) is 9.59 Å². The van der Waals surface area contributed by atoms with Crippen LogP contribution in [0.2, 0.25) is 0 Å². The normalized spacial score (nSPS) is 20.2. The number of benzene rings is 2. The molecule has 3 atom stereocenters. The molecule has 2 aromatic carbocycles. The van der Waals surface area contributed by atoms with E-state index < -0.39 is 48.0 Å². The highest BCUT2D eigenvalue weighted by Crippen LogP contribution is 2.44. The molecule has 186 valence electrons. The third kappa shape index (κ3) is 5.09. The van der Waals surface area contributed by atoms with E-state index in [0.717, 1.165) is 38.9 Å². The van der Waals surface area contributed by atoms with Crippen LogP contribution in [-0.4, -0.2) is 64.0 Å². The van der Waals surface area contributed by atoms with Crippen molar-refractivity contribution in [2.24, 2.45) is 0 Å². The fourth-order valence-electron chi connectivity index (χ4n) is 4.52. The number of aliphatic carboxylic acids is 1. The lowest BCUT2D eigenvalue weighted by Gasteiger charge is -2.28. The van der Waals surface area contributed by atoms with Gasteiger partial charge in [-0.1, -0.05) is 48.5 Å². The van der Waals surface area contributed by atoms with Gasteiger partial charge < -0.3 is 20.1 Å². The molecule has 2 N–H and O–H groups in total. The summed E-state index contributed by atoms with van der Waals surface area (Å²) in [5.41, 5.74) is 3.76. The number of carbonyl (C=O) groups is 3. The van der Waals surface area contributed by atoms with E-state index in [9.17, 15) is 32.7 Å². The lowest BCUT2D eigenvalue weighted by atomic mass is 9.98. The Morgan fingerprint density at radius 1 is 1.11 bits per heavy atom. The van der Waals surface area contributed by atoms with E-state index in [1.54, 1.807) is 12.2 Å². The molecule has 2 aliphatic rings. The standard InChI is InChI=1S/C24H23F3N2O5S/c1-13-29(19(12-35-13)22(31)32)21(30)10-20(24(25,26)27)28-23(33)34-11-18-16-8-4-2-6-14(16)15-7-3-5-9-17(15)18/h2-9,13,18-20H,10-12H2,1H3,(H,28,33)(H,31,32).